The summed E-state index contributed by atoms with van der Waals surface area (Å²) in [5.74, 6) is 0.697. The molecule has 1 aromatic rings. The summed E-state index contributed by atoms with van der Waals surface area (Å²) in [5, 5.41) is 3.58. The minimum absolute atomic E-state index is 0.600. The molecule has 0 aromatic heterocycles. The molecular weight excluding hydrogens is 256 g/mol. The number of rotatable bonds is 10. The zero-order valence-corrected chi connectivity index (χ0v) is 14.7. The van der Waals surface area contributed by atoms with Crippen LogP contribution in [0.1, 0.15) is 59.4 Å². The van der Waals surface area contributed by atoms with Crippen LogP contribution in [0, 0.1) is 5.92 Å². The van der Waals surface area contributed by atoms with E-state index in [9.17, 15) is 0 Å². The first kappa shape index (κ1) is 18.0. The van der Waals surface area contributed by atoms with Crippen LogP contribution in [-0.4, -0.2) is 19.1 Å². The van der Waals surface area contributed by atoms with Gasteiger partial charge in [0.05, 0.1) is 0 Å². The van der Waals surface area contributed by atoms with E-state index in [1.165, 1.54) is 30.5 Å². The molecule has 0 heterocycles. The smallest absolute Gasteiger partial charge is 0.0414 e. The molecule has 0 fully saturated rings. The quantitative estimate of drug-likeness (QED) is 0.663. The van der Waals surface area contributed by atoms with Crippen LogP contribution in [0.2, 0.25) is 0 Å². The van der Waals surface area contributed by atoms with E-state index in [4.69, 9.17) is 0 Å². The molecule has 1 rings (SSSR count). The molecule has 0 aliphatic carbocycles. The predicted molar refractivity (Wildman–Crippen MR) is 95.0 cm³/mol. The summed E-state index contributed by atoms with van der Waals surface area (Å²) in [4.78, 5) is 2.59. The molecule has 1 atom stereocenters. The molecule has 0 saturated carbocycles. The summed E-state index contributed by atoms with van der Waals surface area (Å²) >= 11 is 0. The maximum atomic E-state index is 3.58. The molecule has 0 aliphatic rings. The summed E-state index contributed by atoms with van der Waals surface area (Å²) in [6, 6.07) is 9.48. The SMILES string of the molecule is CCCCN(c1ccccc1CNCC(C)C)C(C)CC. The van der Waals surface area contributed by atoms with Crippen LogP contribution >= 0.6 is 0 Å². The van der Waals surface area contributed by atoms with Gasteiger partial charge in [0.25, 0.3) is 0 Å². The van der Waals surface area contributed by atoms with E-state index in [2.05, 4.69) is 69.1 Å². The van der Waals surface area contributed by atoms with Crippen molar-refractivity contribution < 1.29 is 0 Å². The molecule has 21 heavy (non-hydrogen) atoms. The Labute approximate surface area is 131 Å². The van der Waals surface area contributed by atoms with Gasteiger partial charge in [0.15, 0.2) is 0 Å². The van der Waals surface area contributed by atoms with Gasteiger partial charge >= 0.3 is 0 Å². The second-order valence-electron chi connectivity index (χ2n) is 6.46. The van der Waals surface area contributed by atoms with Crippen molar-refractivity contribution in [3.63, 3.8) is 0 Å². The van der Waals surface area contributed by atoms with Crippen LogP contribution in [0.4, 0.5) is 5.69 Å². The Morgan fingerprint density at radius 3 is 2.43 bits per heavy atom. The highest BCUT2D eigenvalue weighted by Gasteiger charge is 2.15. The van der Waals surface area contributed by atoms with Gasteiger partial charge in [-0.05, 0) is 43.9 Å². The van der Waals surface area contributed by atoms with Crippen LogP contribution in [0.5, 0.6) is 0 Å². The standard InChI is InChI=1S/C19H34N2/c1-6-8-13-21(17(5)7-2)19-12-10-9-11-18(19)15-20-14-16(3)4/h9-12,16-17,20H,6-8,13-15H2,1-5H3. The van der Waals surface area contributed by atoms with Crippen molar-refractivity contribution in [2.75, 3.05) is 18.0 Å². The van der Waals surface area contributed by atoms with Crippen LogP contribution in [-0.2, 0) is 6.54 Å². The van der Waals surface area contributed by atoms with Gasteiger partial charge in [-0.15, -0.1) is 0 Å². The van der Waals surface area contributed by atoms with Gasteiger partial charge in [0.1, 0.15) is 0 Å². The van der Waals surface area contributed by atoms with E-state index in [0.29, 0.717) is 12.0 Å². The van der Waals surface area contributed by atoms with Gasteiger partial charge in [-0.3, -0.25) is 0 Å². The molecule has 1 aromatic carbocycles. The van der Waals surface area contributed by atoms with Crippen LogP contribution in [0.15, 0.2) is 24.3 Å². The lowest BCUT2D eigenvalue weighted by atomic mass is 10.1. The molecule has 1 N–H and O–H groups in total. The first-order valence-corrected chi connectivity index (χ1v) is 8.65. The molecular formula is C19H34N2. The largest absolute Gasteiger partial charge is 0.369 e. The first-order valence-electron chi connectivity index (χ1n) is 8.65. The molecule has 0 bridgehead atoms. The molecule has 0 aliphatic heterocycles. The van der Waals surface area contributed by atoms with Crippen molar-refractivity contribution in [1.82, 2.24) is 5.32 Å². The zero-order valence-electron chi connectivity index (χ0n) is 14.7. The van der Waals surface area contributed by atoms with Crippen molar-refractivity contribution in [3.8, 4) is 0 Å². The van der Waals surface area contributed by atoms with E-state index in [1.54, 1.807) is 0 Å². The molecule has 120 valence electrons. The summed E-state index contributed by atoms with van der Waals surface area (Å²) < 4.78 is 0. The number of benzene rings is 1. The van der Waals surface area contributed by atoms with Gasteiger partial charge in [-0.2, -0.15) is 0 Å². The Hall–Kier alpha value is -1.02. The van der Waals surface area contributed by atoms with E-state index in [1.807, 2.05) is 0 Å². The van der Waals surface area contributed by atoms with Crippen molar-refractivity contribution in [1.29, 1.82) is 0 Å². The monoisotopic (exact) mass is 290 g/mol. The molecule has 2 heteroatoms. The third-order valence-corrected chi connectivity index (χ3v) is 4.04. The summed E-state index contributed by atoms with van der Waals surface area (Å²) in [5.41, 5.74) is 2.84. The fourth-order valence-corrected chi connectivity index (χ4v) is 2.56. The first-order chi connectivity index (χ1) is 10.1. The Morgan fingerprint density at radius 1 is 1.10 bits per heavy atom. The topological polar surface area (TPSA) is 15.3 Å². The summed E-state index contributed by atoms with van der Waals surface area (Å²) in [6.45, 7) is 14.6. The number of para-hydroxylation sites is 1. The van der Waals surface area contributed by atoms with E-state index in [0.717, 1.165) is 19.6 Å². The van der Waals surface area contributed by atoms with Crippen LogP contribution in [0.25, 0.3) is 0 Å². The minimum atomic E-state index is 0.600. The van der Waals surface area contributed by atoms with Gasteiger partial charge in [0.2, 0.25) is 0 Å². The fourth-order valence-electron chi connectivity index (χ4n) is 2.56. The highest BCUT2D eigenvalue weighted by molar-refractivity contribution is 5.54. The minimum Gasteiger partial charge on any atom is -0.369 e. The predicted octanol–water partition coefficient (Wildman–Crippen LogP) is 4.84. The fraction of sp³-hybridized carbons (Fsp3) is 0.684. The Morgan fingerprint density at radius 2 is 1.81 bits per heavy atom. The molecule has 0 spiro atoms. The lowest BCUT2D eigenvalue weighted by Gasteiger charge is -2.32. The number of anilines is 1. The average molecular weight is 290 g/mol. The molecule has 0 amide bonds. The van der Waals surface area contributed by atoms with E-state index < -0.39 is 0 Å². The second kappa shape index (κ2) is 9.83. The summed E-state index contributed by atoms with van der Waals surface area (Å²) in [6.07, 6.45) is 3.70. The third-order valence-electron chi connectivity index (χ3n) is 4.04. The lowest BCUT2D eigenvalue weighted by Crippen LogP contribution is -2.34. The molecule has 2 nitrogen and oxygen atoms in total. The Kier molecular flexibility index (Phi) is 8.44. The number of nitrogens with zero attached hydrogens (tertiary/aromatic N) is 1. The van der Waals surface area contributed by atoms with Crippen LogP contribution in [0.3, 0.4) is 0 Å². The second-order valence-corrected chi connectivity index (χ2v) is 6.46. The number of unbranched alkanes of at least 4 members (excludes halogenated alkanes) is 1. The van der Waals surface area contributed by atoms with Crippen LogP contribution < -0.4 is 10.2 Å². The van der Waals surface area contributed by atoms with Gasteiger partial charge in [0, 0.05) is 24.8 Å². The normalized spacial score (nSPS) is 12.7. The van der Waals surface area contributed by atoms with Crippen molar-refractivity contribution in [2.45, 2.75) is 66.5 Å². The van der Waals surface area contributed by atoms with Crippen molar-refractivity contribution >= 4 is 5.69 Å². The van der Waals surface area contributed by atoms with E-state index in [-0.39, 0.29) is 0 Å². The Balaban J connectivity index is 2.85. The maximum absolute atomic E-state index is 3.58. The van der Waals surface area contributed by atoms with Crippen molar-refractivity contribution in [2.24, 2.45) is 5.92 Å². The summed E-state index contributed by atoms with van der Waals surface area (Å²) in [7, 11) is 0. The average Bonchev–Trinajstić information content (AvgIpc) is 2.48. The molecule has 0 saturated heterocycles. The Bertz CT molecular complexity index is 387. The van der Waals surface area contributed by atoms with E-state index >= 15 is 0 Å². The molecule has 1 unspecified atom stereocenters. The number of hydrogen-bond acceptors (Lipinski definition) is 2. The van der Waals surface area contributed by atoms with Gasteiger partial charge in [-0.25, -0.2) is 0 Å². The number of nitrogens with one attached hydrogen (secondary N) is 1. The van der Waals surface area contributed by atoms with Gasteiger partial charge in [-0.1, -0.05) is 52.3 Å². The maximum Gasteiger partial charge on any atom is 0.0414 e. The highest BCUT2D eigenvalue weighted by Crippen LogP contribution is 2.24. The van der Waals surface area contributed by atoms with Gasteiger partial charge < -0.3 is 10.2 Å². The van der Waals surface area contributed by atoms with Crippen molar-refractivity contribution in [3.05, 3.63) is 29.8 Å². The molecule has 0 radical (unpaired) electrons. The lowest BCUT2D eigenvalue weighted by molar-refractivity contribution is 0.548. The number of hydrogen-bond donors (Lipinski definition) is 1. The zero-order chi connectivity index (χ0) is 15.7. The highest BCUT2D eigenvalue weighted by atomic mass is 15.2. The third kappa shape index (κ3) is 6.09.